The molecule has 0 radical (unpaired) electrons. The summed E-state index contributed by atoms with van der Waals surface area (Å²) in [6.45, 7) is 1.30. The molecule has 1 aliphatic heterocycles. The standard InChI is InChI=1S/C26H18Cl3N3O5/c1-14-6-7-17(28)12-21(14)32-25(35)18(24(34)31-26(32)36)11-15-10-16(27)8-9-22(15)37-13-23(33)30-20-5-3-2-4-19(20)29/h2-12H,13H2,1H3,(H,30,33)(H,31,34,36)/b18-11+. The number of para-hydroxylation sites is 1. The van der Waals surface area contributed by atoms with Gasteiger partial charge in [-0.15, -0.1) is 0 Å². The molecule has 1 fully saturated rings. The number of hydrogen-bond acceptors (Lipinski definition) is 5. The quantitative estimate of drug-likeness (QED) is 0.301. The molecule has 0 saturated carbocycles. The Morgan fingerprint density at radius 2 is 1.70 bits per heavy atom. The second-order valence-electron chi connectivity index (χ2n) is 7.89. The van der Waals surface area contributed by atoms with Gasteiger partial charge < -0.3 is 10.1 Å². The maximum absolute atomic E-state index is 13.3. The minimum atomic E-state index is -0.906. The van der Waals surface area contributed by atoms with Crippen LogP contribution in [-0.2, 0) is 14.4 Å². The van der Waals surface area contributed by atoms with Crippen LogP contribution in [0.3, 0.4) is 0 Å². The lowest BCUT2D eigenvalue weighted by molar-refractivity contribution is -0.122. The smallest absolute Gasteiger partial charge is 0.335 e. The predicted molar refractivity (Wildman–Crippen MR) is 142 cm³/mol. The molecule has 0 bridgehead atoms. The van der Waals surface area contributed by atoms with Gasteiger partial charge in [0, 0.05) is 15.6 Å². The third-order valence-corrected chi connectivity index (χ3v) is 6.09. The first-order valence-electron chi connectivity index (χ1n) is 10.8. The highest BCUT2D eigenvalue weighted by Crippen LogP contribution is 2.30. The fraction of sp³-hybridized carbons (Fsp3) is 0.0769. The van der Waals surface area contributed by atoms with Crippen molar-refractivity contribution in [2.24, 2.45) is 0 Å². The molecule has 37 heavy (non-hydrogen) atoms. The van der Waals surface area contributed by atoms with Crippen LogP contribution in [0.15, 0.2) is 66.2 Å². The molecule has 5 amide bonds. The molecule has 0 unspecified atom stereocenters. The number of barbiturate groups is 1. The van der Waals surface area contributed by atoms with Crippen molar-refractivity contribution in [3.8, 4) is 5.75 Å². The Balaban J connectivity index is 1.61. The number of hydrogen-bond donors (Lipinski definition) is 2. The molecule has 0 aromatic heterocycles. The monoisotopic (exact) mass is 557 g/mol. The van der Waals surface area contributed by atoms with Crippen molar-refractivity contribution >= 4 is 76.0 Å². The number of urea groups is 1. The predicted octanol–water partition coefficient (Wildman–Crippen LogP) is 5.64. The molecule has 0 spiro atoms. The summed E-state index contributed by atoms with van der Waals surface area (Å²) in [5.41, 5.74) is 1.15. The maximum atomic E-state index is 13.3. The second-order valence-corrected chi connectivity index (χ2v) is 9.17. The number of amides is 5. The molecule has 1 aliphatic rings. The largest absolute Gasteiger partial charge is 0.483 e. The van der Waals surface area contributed by atoms with Crippen LogP contribution in [0.4, 0.5) is 16.2 Å². The van der Waals surface area contributed by atoms with Gasteiger partial charge in [-0.25, -0.2) is 9.69 Å². The van der Waals surface area contributed by atoms with Crippen LogP contribution in [0.5, 0.6) is 5.75 Å². The van der Waals surface area contributed by atoms with Crippen molar-refractivity contribution in [3.05, 3.63) is 92.4 Å². The third-order valence-electron chi connectivity index (χ3n) is 5.29. The number of anilines is 2. The van der Waals surface area contributed by atoms with E-state index in [4.69, 9.17) is 39.5 Å². The van der Waals surface area contributed by atoms with E-state index in [1.165, 1.54) is 30.3 Å². The van der Waals surface area contributed by atoms with E-state index in [0.717, 1.165) is 4.90 Å². The Labute approximate surface area is 226 Å². The number of halogens is 3. The molecule has 2 N–H and O–H groups in total. The number of imide groups is 2. The van der Waals surface area contributed by atoms with Gasteiger partial charge in [0.15, 0.2) is 6.61 Å². The molecular weight excluding hydrogens is 541 g/mol. The van der Waals surface area contributed by atoms with E-state index in [9.17, 15) is 19.2 Å². The summed E-state index contributed by atoms with van der Waals surface area (Å²) in [6.07, 6.45) is 1.24. The topological polar surface area (TPSA) is 105 Å². The molecule has 0 aliphatic carbocycles. The highest BCUT2D eigenvalue weighted by Gasteiger charge is 2.37. The number of benzene rings is 3. The number of carbonyl (C=O) groups excluding carboxylic acids is 4. The van der Waals surface area contributed by atoms with Gasteiger partial charge in [0.05, 0.1) is 16.4 Å². The van der Waals surface area contributed by atoms with Crippen LogP contribution in [0.2, 0.25) is 15.1 Å². The summed E-state index contributed by atoms with van der Waals surface area (Å²) in [6, 6.07) is 15.0. The van der Waals surface area contributed by atoms with Gasteiger partial charge >= 0.3 is 6.03 Å². The fourth-order valence-corrected chi connectivity index (χ4v) is 4.04. The first-order valence-corrected chi connectivity index (χ1v) is 11.9. The van der Waals surface area contributed by atoms with Gasteiger partial charge in [-0.1, -0.05) is 53.0 Å². The summed E-state index contributed by atoms with van der Waals surface area (Å²) >= 11 is 18.3. The van der Waals surface area contributed by atoms with E-state index >= 15 is 0 Å². The van der Waals surface area contributed by atoms with Crippen molar-refractivity contribution in [3.63, 3.8) is 0 Å². The van der Waals surface area contributed by atoms with E-state index < -0.39 is 30.4 Å². The van der Waals surface area contributed by atoms with E-state index in [2.05, 4.69) is 10.6 Å². The van der Waals surface area contributed by atoms with Crippen LogP contribution in [-0.4, -0.2) is 30.4 Å². The van der Waals surface area contributed by atoms with Gasteiger partial charge in [0.25, 0.3) is 17.7 Å². The minimum Gasteiger partial charge on any atom is -0.483 e. The van der Waals surface area contributed by atoms with Gasteiger partial charge in [-0.05, 0) is 61.0 Å². The summed E-state index contributed by atoms with van der Waals surface area (Å²) in [4.78, 5) is 51.7. The molecule has 0 atom stereocenters. The number of carbonyl (C=O) groups is 4. The lowest BCUT2D eigenvalue weighted by Gasteiger charge is -2.27. The third kappa shape index (κ3) is 5.94. The fourth-order valence-electron chi connectivity index (χ4n) is 3.51. The highest BCUT2D eigenvalue weighted by molar-refractivity contribution is 6.40. The van der Waals surface area contributed by atoms with Crippen molar-refractivity contribution in [1.82, 2.24) is 5.32 Å². The van der Waals surface area contributed by atoms with Crippen LogP contribution < -0.4 is 20.3 Å². The first kappa shape index (κ1) is 26.2. The summed E-state index contributed by atoms with van der Waals surface area (Å²) in [7, 11) is 0. The molecule has 3 aromatic carbocycles. The summed E-state index contributed by atoms with van der Waals surface area (Å²) in [5.74, 6) is -2.06. The molecule has 188 valence electrons. The van der Waals surface area contributed by atoms with Gasteiger partial charge in [-0.2, -0.15) is 0 Å². The molecule has 3 aromatic rings. The number of nitrogens with zero attached hydrogens (tertiary/aromatic N) is 1. The average Bonchev–Trinajstić information content (AvgIpc) is 2.84. The van der Waals surface area contributed by atoms with E-state index in [1.54, 1.807) is 43.3 Å². The zero-order valence-corrected chi connectivity index (χ0v) is 21.4. The zero-order valence-electron chi connectivity index (χ0n) is 19.2. The van der Waals surface area contributed by atoms with Gasteiger partial charge in [-0.3, -0.25) is 19.7 Å². The van der Waals surface area contributed by atoms with Gasteiger partial charge in [0.1, 0.15) is 11.3 Å². The Morgan fingerprint density at radius 3 is 2.46 bits per heavy atom. The van der Waals surface area contributed by atoms with E-state index in [1.807, 2.05) is 0 Å². The highest BCUT2D eigenvalue weighted by atomic mass is 35.5. The van der Waals surface area contributed by atoms with Crippen molar-refractivity contribution in [2.45, 2.75) is 6.92 Å². The Bertz CT molecular complexity index is 1470. The van der Waals surface area contributed by atoms with Crippen LogP contribution >= 0.6 is 34.8 Å². The van der Waals surface area contributed by atoms with E-state index in [-0.39, 0.29) is 22.6 Å². The lowest BCUT2D eigenvalue weighted by Crippen LogP contribution is -2.54. The SMILES string of the molecule is Cc1ccc(Cl)cc1N1C(=O)NC(=O)/C(=C\c2cc(Cl)ccc2OCC(=O)Nc2ccccc2Cl)C1=O. The lowest BCUT2D eigenvalue weighted by atomic mass is 10.0. The number of aryl methyl sites for hydroxylation is 1. The van der Waals surface area contributed by atoms with Crippen LogP contribution in [0.25, 0.3) is 6.08 Å². The number of rotatable bonds is 6. The average molecular weight is 559 g/mol. The normalized spacial score (nSPS) is 14.5. The maximum Gasteiger partial charge on any atom is 0.335 e. The molecule has 1 heterocycles. The summed E-state index contributed by atoms with van der Waals surface area (Å²) in [5, 5.41) is 5.76. The molecule has 1 saturated heterocycles. The minimum absolute atomic E-state index is 0.175. The molecule has 11 heteroatoms. The molecular formula is C26H18Cl3N3O5. The van der Waals surface area contributed by atoms with E-state index in [0.29, 0.717) is 26.3 Å². The number of nitrogens with one attached hydrogen (secondary N) is 2. The molecule has 8 nitrogen and oxygen atoms in total. The van der Waals surface area contributed by atoms with Crippen LogP contribution in [0, 0.1) is 6.92 Å². The Morgan fingerprint density at radius 1 is 1.00 bits per heavy atom. The Kier molecular flexibility index (Phi) is 7.83. The van der Waals surface area contributed by atoms with Gasteiger partial charge in [0.2, 0.25) is 0 Å². The second kappa shape index (κ2) is 11.0. The first-order chi connectivity index (χ1) is 17.6. The zero-order chi connectivity index (χ0) is 26.7. The summed E-state index contributed by atoms with van der Waals surface area (Å²) < 4.78 is 5.65. The van der Waals surface area contributed by atoms with Crippen molar-refractivity contribution in [2.75, 3.05) is 16.8 Å². The van der Waals surface area contributed by atoms with Crippen LogP contribution in [0.1, 0.15) is 11.1 Å². The van der Waals surface area contributed by atoms with Crippen molar-refractivity contribution < 1.29 is 23.9 Å². The molecule has 4 rings (SSSR count). The van der Waals surface area contributed by atoms with Crippen molar-refractivity contribution in [1.29, 1.82) is 0 Å². The number of ether oxygens (including phenoxy) is 1. The Hall–Kier alpha value is -3.85.